The van der Waals surface area contributed by atoms with Crippen molar-refractivity contribution in [3.63, 3.8) is 0 Å². The highest BCUT2D eigenvalue weighted by atomic mass is 16.1. The molecule has 0 radical (unpaired) electrons. The van der Waals surface area contributed by atoms with Crippen LogP contribution in [0.2, 0.25) is 0 Å². The van der Waals surface area contributed by atoms with Crippen LogP contribution in [0.25, 0.3) is 0 Å². The van der Waals surface area contributed by atoms with Gasteiger partial charge in [0.15, 0.2) is 0 Å². The van der Waals surface area contributed by atoms with Crippen LogP contribution in [0.5, 0.6) is 0 Å². The van der Waals surface area contributed by atoms with Gasteiger partial charge in [0.2, 0.25) is 5.91 Å². The average molecular weight is 227 g/mol. The van der Waals surface area contributed by atoms with Crippen molar-refractivity contribution in [2.45, 2.75) is 51.1 Å². The second kappa shape index (κ2) is 5.64. The quantitative estimate of drug-likeness (QED) is 0.642. The molecule has 0 spiro atoms. The van der Waals surface area contributed by atoms with E-state index in [-0.39, 0.29) is 5.91 Å². The molecule has 94 valence electrons. The maximum absolute atomic E-state index is 11.3. The summed E-state index contributed by atoms with van der Waals surface area (Å²) >= 11 is 0. The molecule has 1 atom stereocenters. The van der Waals surface area contributed by atoms with Crippen molar-refractivity contribution in [2.24, 2.45) is 5.73 Å². The Kier molecular flexibility index (Phi) is 4.74. The normalized spacial score (nSPS) is 19.8. The predicted octanol–water partition coefficient (Wildman–Crippen LogP) is 0.714. The Labute approximate surface area is 98.6 Å². The molecular formula is C12H25N3O. The van der Waals surface area contributed by atoms with E-state index in [1.54, 1.807) is 7.05 Å². The highest BCUT2D eigenvalue weighted by molar-refractivity contribution is 5.84. The van der Waals surface area contributed by atoms with Crippen molar-refractivity contribution in [2.75, 3.05) is 20.1 Å². The van der Waals surface area contributed by atoms with Crippen LogP contribution in [0.4, 0.5) is 0 Å². The van der Waals surface area contributed by atoms with Gasteiger partial charge in [-0.15, -0.1) is 0 Å². The van der Waals surface area contributed by atoms with E-state index in [0.717, 1.165) is 25.6 Å². The van der Waals surface area contributed by atoms with E-state index < -0.39 is 5.54 Å². The number of rotatable bonds is 8. The summed E-state index contributed by atoms with van der Waals surface area (Å²) in [6, 6.07) is 0.758. The van der Waals surface area contributed by atoms with Gasteiger partial charge >= 0.3 is 0 Å². The van der Waals surface area contributed by atoms with Gasteiger partial charge in [0.25, 0.3) is 0 Å². The Morgan fingerprint density at radius 1 is 1.50 bits per heavy atom. The Morgan fingerprint density at radius 2 is 2.12 bits per heavy atom. The number of hydrogen-bond acceptors (Lipinski definition) is 3. The van der Waals surface area contributed by atoms with Gasteiger partial charge in [-0.05, 0) is 46.2 Å². The van der Waals surface area contributed by atoms with Crippen molar-refractivity contribution in [1.82, 2.24) is 10.2 Å². The molecule has 1 saturated carbocycles. The summed E-state index contributed by atoms with van der Waals surface area (Å²) in [7, 11) is 1.80. The minimum atomic E-state index is -0.569. The van der Waals surface area contributed by atoms with Gasteiger partial charge in [0.05, 0.1) is 5.54 Å². The van der Waals surface area contributed by atoms with E-state index in [1.807, 2.05) is 6.92 Å². The summed E-state index contributed by atoms with van der Waals surface area (Å²) in [6.07, 6.45) is 4.58. The van der Waals surface area contributed by atoms with Gasteiger partial charge < -0.3 is 16.0 Å². The van der Waals surface area contributed by atoms with Crippen molar-refractivity contribution in [3.8, 4) is 0 Å². The van der Waals surface area contributed by atoms with Crippen molar-refractivity contribution >= 4 is 5.91 Å². The highest BCUT2D eigenvalue weighted by Crippen LogP contribution is 2.27. The fourth-order valence-electron chi connectivity index (χ4n) is 1.94. The van der Waals surface area contributed by atoms with Gasteiger partial charge in [-0.2, -0.15) is 0 Å². The molecule has 1 amide bonds. The van der Waals surface area contributed by atoms with Crippen LogP contribution >= 0.6 is 0 Å². The van der Waals surface area contributed by atoms with Crippen LogP contribution in [-0.2, 0) is 4.79 Å². The van der Waals surface area contributed by atoms with E-state index in [9.17, 15) is 4.79 Å². The zero-order chi connectivity index (χ0) is 12.2. The number of primary amides is 1. The van der Waals surface area contributed by atoms with Crippen LogP contribution in [0.1, 0.15) is 39.5 Å². The zero-order valence-electron chi connectivity index (χ0n) is 10.8. The van der Waals surface area contributed by atoms with Crippen LogP contribution < -0.4 is 11.1 Å². The van der Waals surface area contributed by atoms with Crippen LogP contribution in [0, 0.1) is 0 Å². The molecular weight excluding hydrogens is 202 g/mol. The predicted molar refractivity (Wildman–Crippen MR) is 66.2 cm³/mol. The lowest BCUT2D eigenvalue weighted by Crippen LogP contribution is -2.53. The largest absolute Gasteiger partial charge is 0.368 e. The minimum Gasteiger partial charge on any atom is -0.368 e. The Hall–Kier alpha value is -0.610. The molecule has 1 aliphatic rings. The fourth-order valence-corrected chi connectivity index (χ4v) is 1.94. The molecule has 4 nitrogen and oxygen atoms in total. The Bertz CT molecular complexity index is 240. The smallest absolute Gasteiger partial charge is 0.237 e. The first-order valence-corrected chi connectivity index (χ1v) is 6.26. The third kappa shape index (κ3) is 3.46. The summed E-state index contributed by atoms with van der Waals surface area (Å²) in [6.45, 7) is 6.16. The van der Waals surface area contributed by atoms with E-state index in [2.05, 4.69) is 17.1 Å². The van der Waals surface area contributed by atoms with Crippen molar-refractivity contribution < 1.29 is 4.79 Å². The molecule has 1 unspecified atom stereocenters. The lowest BCUT2D eigenvalue weighted by atomic mass is 9.97. The number of nitrogens with two attached hydrogens (primary N) is 1. The summed E-state index contributed by atoms with van der Waals surface area (Å²) < 4.78 is 0. The topological polar surface area (TPSA) is 58.4 Å². The molecule has 0 heterocycles. The van der Waals surface area contributed by atoms with Gasteiger partial charge in [0.1, 0.15) is 0 Å². The molecule has 0 aromatic carbocycles. The number of nitrogens with one attached hydrogen (secondary N) is 1. The molecule has 3 N–H and O–H groups in total. The first kappa shape index (κ1) is 13.5. The Morgan fingerprint density at radius 3 is 2.50 bits per heavy atom. The fraction of sp³-hybridized carbons (Fsp3) is 0.917. The summed E-state index contributed by atoms with van der Waals surface area (Å²) in [4.78, 5) is 13.8. The second-order valence-corrected chi connectivity index (χ2v) is 4.96. The van der Waals surface area contributed by atoms with Gasteiger partial charge in [0, 0.05) is 12.6 Å². The first-order valence-electron chi connectivity index (χ1n) is 6.26. The van der Waals surface area contributed by atoms with Crippen LogP contribution in [-0.4, -0.2) is 42.5 Å². The molecule has 0 aliphatic heterocycles. The number of hydrogen-bond donors (Lipinski definition) is 2. The third-order valence-electron chi connectivity index (χ3n) is 3.57. The number of carbonyl (C=O) groups is 1. The lowest BCUT2D eigenvalue weighted by Gasteiger charge is -2.29. The van der Waals surface area contributed by atoms with Crippen LogP contribution in [0.15, 0.2) is 0 Å². The molecule has 0 aromatic heterocycles. The monoisotopic (exact) mass is 227 g/mol. The van der Waals surface area contributed by atoms with E-state index in [4.69, 9.17) is 5.73 Å². The molecule has 1 aliphatic carbocycles. The van der Waals surface area contributed by atoms with Gasteiger partial charge in [-0.1, -0.05) is 6.92 Å². The van der Waals surface area contributed by atoms with Gasteiger partial charge in [-0.3, -0.25) is 4.79 Å². The van der Waals surface area contributed by atoms with E-state index in [1.165, 1.54) is 19.3 Å². The van der Waals surface area contributed by atoms with Crippen LogP contribution in [0.3, 0.4) is 0 Å². The highest BCUT2D eigenvalue weighted by Gasteiger charge is 2.33. The molecule has 0 saturated heterocycles. The number of carbonyl (C=O) groups excluding carboxylic acids is 1. The van der Waals surface area contributed by atoms with Crippen molar-refractivity contribution in [3.05, 3.63) is 0 Å². The third-order valence-corrected chi connectivity index (χ3v) is 3.57. The minimum absolute atomic E-state index is 0.262. The molecule has 1 rings (SSSR count). The molecule has 16 heavy (non-hydrogen) atoms. The molecule has 0 bridgehead atoms. The zero-order valence-corrected chi connectivity index (χ0v) is 10.8. The SMILES string of the molecule is CCCN(CCC(C)(NC)C(N)=O)C1CC1. The number of nitrogens with zero attached hydrogens (tertiary/aromatic N) is 1. The van der Waals surface area contributed by atoms with Gasteiger partial charge in [-0.25, -0.2) is 0 Å². The van der Waals surface area contributed by atoms with E-state index >= 15 is 0 Å². The maximum Gasteiger partial charge on any atom is 0.237 e. The number of amides is 1. The standard InChI is InChI=1S/C12H25N3O/c1-4-8-15(10-5-6-10)9-7-12(2,14-3)11(13)16/h10,14H,4-9H2,1-3H3,(H2,13,16). The van der Waals surface area contributed by atoms with E-state index in [0.29, 0.717) is 0 Å². The summed E-state index contributed by atoms with van der Waals surface area (Å²) in [5.41, 5.74) is 4.84. The second-order valence-electron chi connectivity index (χ2n) is 4.96. The summed E-state index contributed by atoms with van der Waals surface area (Å²) in [5.74, 6) is -0.262. The maximum atomic E-state index is 11.3. The molecule has 1 fully saturated rings. The molecule has 4 heteroatoms. The summed E-state index contributed by atoms with van der Waals surface area (Å²) in [5, 5.41) is 3.03. The molecule has 0 aromatic rings. The first-order chi connectivity index (χ1) is 7.53. The average Bonchev–Trinajstić information content (AvgIpc) is 3.07. The Balaban J connectivity index is 2.43. The van der Waals surface area contributed by atoms with Crippen molar-refractivity contribution in [1.29, 1.82) is 0 Å². The lowest BCUT2D eigenvalue weighted by molar-refractivity contribution is -0.124. The number of likely N-dealkylation sites (N-methyl/N-ethyl adjacent to an activating group) is 1.